The van der Waals surface area contributed by atoms with E-state index in [4.69, 9.17) is 11.6 Å². The highest BCUT2D eigenvalue weighted by Gasteiger charge is 2.14. The first-order valence-electron chi connectivity index (χ1n) is 7.55. The first kappa shape index (κ1) is 18.0. The van der Waals surface area contributed by atoms with Crippen molar-refractivity contribution in [1.29, 1.82) is 0 Å². The zero-order valence-electron chi connectivity index (χ0n) is 14.1. The lowest BCUT2D eigenvalue weighted by atomic mass is 10.0. The number of rotatable bonds is 5. The van der Waals surface area contributed by atoms with Gasteiger partial charge in [0, 0.05) is 30.2 Å². The lowest BCUT2D eigenvalue weighted by Gasteiger charge is -2.24. The largest absolute Gasteiger partial charge is 0.315 e. The summed E-state index contributed by atoms with van der Waals surface area (Å²) in [4.78, 5) is 5.70. The van der Waals surface area contributed by atoms with Crippen LogP contribution in [-0.2, 0) is 0 Å². The lowest BCUT2D eigenvalue weighted by Crippen LogP contribution is -2.11. The van der Waals surface area contributed by atoms with Gasteiger partial charge in [0.05, 0.1) is 5.69 Å². The van der Waals surface area contributed by atoms with E-state index in [0.29, 0.717) is 10.7 Å². The first-order chi connectivity index (χ1) is 11.5. The number of nitrogens with zero attached hydrogens (tertiary/aromatic N) is 2. The van der Waals surface area contributed by atoms with Crippen LogP contribution in [0.4, 0.5) is 15.8 Å². The summed E-state index contributed by atoms with van der Waals surface area (Å²) >= 11 is 5.85. The Morgan fingerprint density at radius 3 is 2.58 bits per heavy atom. The number of allylic oxidation sites excluding steroid dienone is 2. The van der Waals surface area contributed by atoms with Crippen molar-refractivity contribution in [3.05, 3.63) is 77.2 Å². The molecule has 0 atom stereocenters. The highest BCUT2D eigenvalue weighted by atomic mass is 35.5. The van der Waals surface area contributed by atoms with E-state index in [2.05, 4.69) is 11.6 Å². The summed E-state index contributed by atoms with van der Waals surface area (Å²) in [5.74, 6) is -0.391. The van der Waals surface area contributed by atoms with E-state index >= 15 is 0 Å². The molecule has 4 heteroatoms. The van der Waals surface area contributed by atoms with Crippen LogP contribution in [0.3, 0.4) is 0 Å². The molecule has 0 saturated heterocycles. The Morgan fingerprint density at radius 1 is 1.21 bits per heavy atom. The summed E-state index contributed by atoms with van der Waals surface area (Å²) in [6.45, 7) is 7.83. The van der Waals surface area contributed by atoms with Crippen molar-refractivity contribution in [2.75, 3.05) is 11.9 Å². The second-order valence-corrected chi connectivity index (χ2v) is 5.84. The molecule has 0 spiro atoms. The molecule has 2 nitrogen and oxygen atoms in total. The fraction of sp³-hybridized carbons (Fsp3) is 0.150. The summed E-state index contributed by atoms with van der Waals surface area (Å²) in [5, 5.41) is 0.364. The average Bonchev–Trinajstić information content (AvgIpc) is 2.56. The zero-order chi connectivity index (χ0) is 17.7. The fourth-order valence-electron chi connectivity index (χ4n) is 2.40. The third-order valence-electron chi connectivity index (χ3n) is 3.75. The number of hydrogen-bond acceptors (Lipinski definition) is 2. The quantitative estimate of drug-likeness (QED) is 0.593. The van der Waals surface area contributed by atoms with Gasteiger partial charge in [0.25, 0.3) is 0 Å². The van der Waals surface area contributed by atoms with E-state index in [1.54, 1.807) is 36.5 Å². The van der Waals surface area contributed by atoms with Crippen molar-refractivity contribution < 1.29 is 4.39 Å². The third kappa shape index (κ3) is 3.92. The monoisotopic (exact) mass is 342 g/mol. The molecule has 0 saturated carbocycles. The standard InChI is InChI=1S/C20H20ClFN2/c1-5-24(19-9-8-17(21)13-18(19)22)20-12-16(7-6-15(20)3)14(2)10-11-23-4/h5-13H,1H2,2-4H3/b14-10+,23-11-. The van der Waals surface area contributed by atoms with Gasteiger partial charge in [0.15, 0.2) is 0 Å². The number of hydrogen-bond donors (Lipinski definition) is 0. The summed E-state index contributed by atoms with van der Waals surface area (Å²) in [6.07, 6.45) is 5.29. The van der Waals surface area contributed by atoms with Gasteiger partial charge in [-0.25, -0.2) is 4.39 Å². The Labute approximate surface area is 147 Å². The van der Waals surface area contributed by atoms with E-state index < -0.39 is 5.82 Å². The van der Waals surface area contributed by atoms with Gasteiger partial charge in [0.2, 0.25) is 0 Å². The van der Waals surface area contributed by atoms with Gasteiger partial charge >= 0.3 is 0 Å². The highest BCUT2D eigenvalue weighted by molar-refractivity contribution is 6.30. The van der Waals surface area contributed by atoms with Gasteiger partial charge in [0.1, 0.15) is 5.82 Å². The molecular weight excluding hydrogens is 323 g/mol. The maximum absolute atomic E-state index is 14.3. The Morgan fingerprint density at radius 2 is 1.96 bits per heavy atom. The van der Waals surface area contributed by atoms with Crippen molar-refractivity contribution >= 4 is 34.8 Å². The van der Waals surface area contributed by atoms with Crippen molar-refractivity contribution in [3.8, 4) is 0 Å². The molecule has 0 aliphatic heterocycles. The molecule has 2 aromatic rings. The molecule has 0 N–H and O–H groups in total. The van der Waals surface area contributed by atoms with Gasteiger partial charge in [-0.15, -0.1) is 0 Å². The molecular formula is C20H20ClFN2. The van der Waals surface area contributed by atoms with E-state index in [-0.39, 0.29) is 0 Å². The number of anilines is 2. The molecule has 124 valence electrons. The van der Waals surface area contributed by atoms with Crippen LogP contribution < -0.4 is 4.90 Å². The van der Waals surface area contributed by atoms with Crippen LogP contribution in [0.1, 0.15) is 18.1 Å². The molecule has 2 rings (SSSR count). The normalized spacial score (nSPS) is 11.8. The molecule has 0 bridgehead atoms. The van der Waals surface area contributed by atoms with Gasteiger partial charge < -0.3 is 4.90 Å². The third-order valence-corrected chi connectivity index (χ3v) is 3.98. The number of aliphatic imine (C=N–C) groups is 1. The van der Waals surface area contributed by atoms with Crippen molar-refractivity contribution in [2.45, 2.75) is 13.8 Å². The molecule has 0 aliphatic carbocycles. The second-order valence-electron chi connectivity index (χ2n) is 5.41. The van der Waals surface area contributed by atoms with Gasteiger partial charge in [-0.1, -0.05) is 30.3 Å². The summed E-state index contributed by atoms with van der Waals surface area (Å²) in [5.41, 5.74) is 4.40. The van der Waals surface area contributed by atoms with Gasteiger partial charge in [-0.2, -0.15) is 0 Å². The van der Waals surface area contributed by atoms with Crippen LogP contribution in [0.2, 0.25) is 5.02 Å². The molecule has 0 unspecified atom stereocenters. The molecule has 0 fully saturated rings. The van der Waals surface area contributed by atoms with Crippen molar-refractivity contribution in [1.82, 2.24) is 0 Å². The fourth-order valence-corrected chi connectivity index (χ4v) is 2.56. The Kier molecular flexibility index (Phi) is 5.93. The maximum atomic E-state index is 14.3. The number of aryl methyl sites for hydroxylation is 1. The van der Waals surface area contributed by atoms with Crippen LogP contribution in [0, 0.1) is 12.7 Å². The minimum absolute atomic E-state index is 0.364. The summed E-state index contributed by atoms with van der Waals surface area (Å²) < 4.78 is 14.3. The SMILES string of the molecule is C=CN(c1cc(/C(C)=C/C=N\C)ccc1C)c1ccc(Cl)cc1F. The van der Waals surface area contributed by atoms with E-state index in [0.717, 1.165) is 22.4 Å². The topological polar surface area (TPSA) is 15.6 Å². The van der Waals surface area contributed by atoms with Crippen LogP contribution >= 0.6 is 11.6 Å². The number of halogens is 2. The molecule has 0 heterocycles. The second kappa shape index (κ2) is 7.93. The van der Waals surface area contributed by atoms with E-state index in [1.165, 1.54) is 6.07 Å². The van der Waals surface area contributed by atoms with E-state index in [9.17, 15) is 4.39 Å². The average molecular weight is 343 g/mol. The molecule has 2 aromatic carbocycles. The molecule has 0 amide bonds. The van der Waals surface area contributed by atoms with Gasteiger partial charge in [-0.05, 0) is 60.9 Å². The highest BCUT2D eigenvalue weighted by Crippen LogP contribution is 2.33. The predicted molar refractivity (Wildman–Crippen MR) is 103 cm³/mol. The molecule has 0 aromatic heterocycles. The van der Waals surface area contributed by atoms with Crippen LogP contribution in [-0.4, -0.2) is 13.3 Å². The van der Waals surface area contributed by atoms with Crippen LogP contribution in [0.25, 0.3) is 5.57 Å². The van der Waals surface area contributed by atoms with Gasteiger partial charge in [-0.3, -0.25) is 4.99 Å². The summed E-state index contributed by atoms with van der Waals surface area (Å²) in [6, 6.07) is 10.7. The molecule has 24 heavy (non-hydrogen) atoms. The predicted octanol–water partition coefficient (Wildman–Crippen LogP) is 6.17. The van der Waals surface area contributed by atoms with Crippen LogP contribution in [0.5, 0.6) is 0 Å². The lowest BCUT2D eigenvalue weighted by molar-refractivity contribution is 0.628. The van der Waals surface area contributed by atoms with Crippen molar-refractivity contribution in [2.24, 2.45) is 4.99 Å². The van der Waals surface area contributed by atoms with Crippen molar-refractivity contribution in [3.63, 3.8) is 0 Å². The Bertz CT molecular complexity index is 809. The Balaban J connectivity index is 2.54. The number of benzene rings is 2. The van der Waals surface area contributed by atoms with Crippen LogP contribution in [0.15, 0.2) is 60.2 Å². The minimum atomic E-state index is -0.391. The minimum Gasteiger partial charge on any atom is -0.315 e. The van der Waals surface area contributed by atoms with E-state index in [1.807, 2.05) is 38.1 Å². The first-order valence-corrected chi connectivity index (χ1v) is 7.92. The maximum Gasteiger partial charge on any atom is 0.148 e. The Hall–Kier alpha value is -2.39. The smallest absolute Gasteiger partial charge is 0.148 e. The summed E-state index contributed by atoms with van der Waals surface area (Å²) in [7, 11) is 1.73. The molecule has 0 radical (unpaired) electrons. The molecule has 0 aliphatic rings. The zero-order valence-corrected chi connectivity index (χ0v) is 14.8.